The van der Waals surface area contributed by atoms with Crippen molar-refractivity contribution in [1.82, 2.24) is 0 Å². The average Bonchev–Trinajstić information content (AvgIpc) is 2.01. The summed E-state index contributed by atoms with van der Waals surface area (Å²) in [5.74, 6) is 0. The summed E-state index contributed by atoms with van der Waals surface area (Å²) in [6.07, 6.45) is 1.44. The highest BCUT2D eigenvalue weighted by Crippen LogP contribution is 2.04. The molecule has 1 rings (SSSR count). The first-order valence-corrected chi connectivity index (χ1v) is 3.46. The van der Waals surface area contributed by atoms with Gasteiger partial charge >= 0.3 is 0 Å². The van der Waals surface area contributed by atoms with Crippen LogP contribution in [0.5, 0.6) is 0 Å². The summed E-state index contributed by atoms with van der Waals surface area (Å²) in [6.45, 7) is 7.84. The quantitative estimate of drug-likeness (QED) is 0.597. The predicted molar refractivity (Wildman–Crippen MR) is 45.9 cm³/mol. The highest BCUT2D eigenvalue weighted by atomic mass is 16.5. The van der Waals surface area contributed by atoms with Crippen LogP contribution >= 0.6 is 0 Å². The first-order valence-electron chi connectivity index (χ1n) is 3.46. The van der Waals surface area contributed by atoms with Gasteiger partial charge in [0, 0.05) is 0 Å². The highest BCUT2D eigenvalue weighted by molar-refractivity contribution is 5.24. The van der Waals surface area contributed by atoms with E-state index in [4.69, 9.17) is 4.74 Å². The minimum Gasteiger partial charge on any atom is -0.497 e. The van der Waals surface area contributed by atoms with Gasteiger partial charge in [-0.1, -0.05) is 30.8 Å². The molecule has 0 fully saturated rings. The number of benzene rings is 1. The van der Waals surface area contributed by atoms with E-state index in [2.05, 4.69) is 13.5 Å². The monoisotopic (exact) mass is 147 g/mol. The Labute approximate surface area is 67.3 Å². The summed E-state index contributed by atoms with van der Waals surface area (Å²) in [6, 6.07) is 7.91. The van der Waals surface area contributed by atoms with Gasteiger partial charge in [0.1, 0.15) is 6.61 Å². The molecule has 1 radical (unpaired) electrons. The van der Waals surface area contributed by atoms with E-state index in [1.165, 1.54) is 6.26 Å². The van der Waals surface area contributed by atoms with E-state index in [1.807, 2.05) is 24.3 Å². The van der Waals surface area contributed by atoms with E-state index in [1.54, 1.807) is 0 Å². The third kappa shape index (κ3) is 2.46. The Kier molecular flexibility index (Phi) is 2.73. The van der Waals surface area contributed by atoms with Crippen LogP contribution in [0.15, 0.2) is 37.1 Å². The van der Waals surface area contributed by atoms with Gasteiger partial charge in [-0.3, -0.25) is 0 Å². The van der Waals surface area contributed by atoms with Crippen molar-refractivity contribution < 1.29 is 4.74 Å². The maximum absolute atomic E-state index is 5.01. The van der Waals surface area contributed by atoms with Crippen LogP contribution < -0.4 is 0 Å². The molecule has 11 heavy (non-hydrogen) atoms. The molecule has 0 atom stereocenters. The van der Waals surface area contributed by atoms with Crippen molar-refractivity contribution in [2.45, 2.75) is 6.61 Å². The SMILES string of the molecule is [CH2]c1cccc(COC=C)c1. The van der Waals surface area contributed by atoms with Gasteiger partial charge in [-0.2, -0.15) is 0 Å². The molecule has 0 aliphatic carbocycles. The minimum atomic E-state index is 0.576. The third-order valence-electron chi connectivity index (χ3n) is 1.36. The molecule has 0 heterocycles. The third-order valence-corrected chi connectivity index (χ3v) is 1.36. The van der Waals surface area contributed by atoms with Crippen LogP contribution in [0, 0.1) is 6.92 Å². The van der Waals surface area contributed by atoms with Gasteiger partial charge < -0.3 is 4.74 Å². The van der Waals surface area contributed by atoms with E-state index in [0.29, 0.717) is 6.61 Å². The van der Waals surface area contributed by atoms with E-state index in [0.717, 1.165) is 11.1 Å². The standard InChI is InChI=1S/C10H11O/c1-3-11-8-10-6-4-5-9(2)7-10/h3-7H,1-2,8H2. The Bertz CT molecular complexity index is 240. The number of ether oxygens (including phenoxy) is 1. The molecule has 0 amide bonds. The maximum Gasteiger partial charge on any atom is 0.112 e. The molecule has 57 valence electrons. The van der Waals surface area contributed by atoms with Crippen molar-refractivity contribution in [2.24, 2.45) is 0 Å². The number of hydrogen-bond donors (Lipinski definition) is 0. The lowest BCUT2D eigenvalue weighted by molar-refractivity contribution is 0.237. The molecule has 0 spiro atoms. The van der Waals surface area contributed by atoms with Gasteiger partial charge in [-0.05, 0) is 18.1 Å². The fraction of sp³-hybridized carbons (Fsp3) is 0.100. The zero-order chi connectivity index (χ0) is 8.10. The van der Waals surface area contributed by atoms with Gasteiger partial charge in [0.25, 0.3) is 0 Å². The van der Waals surface area contributed by atoms with E-state index in [-0.39, 0.29) is 0 Å². The van der Waals surface area contributed by atoms with Crippen LogP contribution in [0.25, 0.3) is 0 Å². The second kappa shape index (κ2) is 3.81. The van der Waals surface area contributed by atoms with Crippen LogP contribution in [0.1, 0.15) is 11.1 Å². The second-order valence-corrected chi connectivity index (χ2v) is 2.30. The summed E-state index contributed by atoms with van der Waals surface area (Å²) in [7, 11) is 0. The molecule has 0 saturated carbocycles. The fourth-order valence-electron chi connectivity index (χ4n) is 0.875. The zero-order valence-corrected chi connectivity index (χ0v) is 6.42. The van der Waals surface area contributed by atoms with E-state index >= 15 is 0 Å². The normalized spacial score (nSPS) is 9.18. The smallest absolute Gasteiger partial charge is 0.112 e. The van der Waals surface area contributed by atoms with Crippen LogP contribution in [-0.2, 0) is 11.3 Å². The van der Waals surface area contributed by atoms with Gasteiger partial charge in [-0.15, -0.1) is 0 Å². The molecule has 0 unspecified atom stereocenters. The number of rotatable bonds is 3. The Morgan fingerprint density at radius 3 is 2.91 bits per heavy atom. The van der Waals surface area contributed by atoms with Gasteiger partial charge in [0.2, 0.25) is 0 Å². The first-order chi connectivity index (χ1) is 5.33. The molecule has 1 heteroatoms. The van der Waals surface area contributed by atoms with E-state index < -0.39 is 0 Å². The molecule has 0 bridgehead atoms. The number of hydrogen-bond acceptors (Lipinski definition) is 1. The lowest BCUT2D eigenvalue weighted by atomic mass is 10.1. The fourth-order valence-corrected chi connectivity index (χ4v) is 0.875. The van der Waals surface area contributed by atoms with Gasteiger partial charge in [0.15, 0.2) is 0 Å². The summed E-state index contributed by atoms with van der Waals surface area (Å²) in [4.78, 5) is 0. The Hall–Kier alpha value is -1.24. The molecule has 1 aromatic carbocycles. The topological polar surface area (TPSA) is 9.23 Å². The summed E-state index contributed by atoms with van der Waals surface area (Å²) >= 11 is 0. The highest BCUT2D eigenvalue weighted by Gasteiger charge is 1.90. The predicted octanol–water partition coefficient (Wildman–Crippen LogP) is 2.53. The molecular formula is C10H11O. The van der Waals surface area contributed by atoms with Crippen LogP contribution in [0.2, 0.25) is 0 Å². The van der Waals surface area contributed by atoms with Crippen molar-refractivity contribution in [3.63, 3.8) is 0 Å². The average molecular weight is 147 g/mol. The molecule has 0 N–H and O–H groups in total. The van der Waals surface area contributed by atoms with Crippen LogP contribution in [0.4, 0.5) is 0 Å². The van der Waals surface area contributed by atoms with E-state index in [9.17, 15) is 0 Å². The Balaban J connectivity index is 2.63. The second-order valence-electron chi connectivity index (χ2n) is 2.30. The molecule has 1 nitrogen and oxygen atoms in total. The minimum absolute atomic E-state index is 0.576. The molecule has 0 aromatic heterocycles. The lowest BCUT2D eigenvalue weighted by Gasteiger charge is -2.00. The van der Waals surface area contributed by atoms with Crippen molar-refractivity contribution in [2.75, 3.05) is 0 Å². The first kappa shape index (κ1) is 7.86. The van der Waals surface area contributed by atoms with Crippen molar-refractivity contribution >= 4 is 0 Å². The molecule has 0 aliphatic heterocycles. The maximum atomic E-state index is 5.01. The Morgan fingerprint density at radius 2 is 2.27 bits per heavy atom. The van der Waals surface area contributed by atoms with Crippen LogP contribution in [-0.4, -0.2) is 0 Å². The van der Waals surface area contributed by atoms with Crippen molar-refractivity contribution in [1.29, 1.82) is 0 Å². The summed E-state index contributed by atoms with van der Waals surface area (Å²) in [5, 5.41) is 0. The van der Waals surface area contributed by atoms with Gasteiger partial charge in [0.05, 0.1) is 6.26 Å². The van der Waals surface area contributed by atoms with Crippen LogP contribution in [0.3, 0.4) is 0 Å². The molecule has 0 saturated heterocycles. The molecular weight excluding hydrogens is 136 g/mol. The summed E-state index contributed by atoms with van der Waals surface area (Å²) in [5.41, 5.74) is 2.13. The Morgan fingerprint density at radius 1 is 1.45 bits per heavy atom. The van der Waals surface area contributed by atoms with Gasteiger partial charge in [-0.25, -0.2) is 0 Å². The lowest BCUT2D eigenvalue weighted by Crippen LogP contribution is -1.85. The molecule has 0 aliphatic rings. The summed E-state index contributed by atoms with van der Waals surface area (Å²) < 4.78 is 5.01. The van der Waals surface area contributed by atoms with Crippen molar-refractivity contribution in [3.8, 4) is 0 Å². The molecule has 1 aromatic rings. The zero-order valence-electron chi connectivity index (χ0n) is 6.42. The largest absolute Gasteiger partial charge is 0.497 e. The van der Waals surface area contributed by atoms with Crippen molar-refractivity contribution in [3.05, 3.63) is 55.2 Å².